The molecule has 0 spiro atoms. The number of imide groups is 3. The fourth-order valence-electron chi connectivity index (χ4n) is 2.86. The Morgan fingerprint density at radius 1 is 0.750 bits per heavy atom. The van der Waals surface area contributed by atoms with Gasteiger partial charge in [-0.05, 0) is 11.6 Å². The van der Waals surface area contributed by atoms with Gasteiger partial charge in [-0.1, -0.05) is 30.3 Å². The van der Waals surface area contributed by atoms with Crippen molar-refractivity contribution in [3.05, 3.63) is 41.6 Å². The zero-order valence-electron chi connectivity index (χ0n) is 17.8. The second-order valence-corrected chi connectivity index (χ2v) is 6.92. The first kappa shape index (κ1) is 24.1. The third kappa shape index (κ3) is 5.94. The Bertz CT molecular complexity index is 984. The summed E-state index contributed by atoms with van der Waals surface area (Å²) in [5.74, 6) is -3.29. The zero-order chi connectivity index (χ0) is 24.0. The van der Waals surface area contributed by atoms with Crippen LogP contribution in [0.3, 0.4) is 0 Å². The van der Waals surface area contributed by atoms with Crippen molar-refractivity contribution >= 4 is 47.4 Å². The lowest BCUT2D eigenvalue weighted by Crippen LogP contribution is -2.56. The Kier molecular flexibility index (Phi) is 7.72. The SMILES string of the molecule is CC(=O)N1CC(=O)N(C(C)=O)CC1=O.CC(=O)N1CC(=O)N/C(=C/c2ccccc2)C1=O. The Morgan fingerprint density at radius 2 is 1.22 bits per heavy atom. The molecule has 0 atom stereocenters. The van der Waals surface area contributed by atoms with Crippen LogP contribution in [0.2, 0.25) is 0 Å². The minimum atomic E-state index is -0.521. The Balaban J connectivity index is 0.000000235. The monoisotopic (exact) mass is 442 g/mol. The van der Waals surface area contributed by atoms with E-state index in [-0.39, 0.29) is 31.2 Å². The van der Waals surface area contributed by atoms with Gasteiger partial charge in [-0.2, -0.15) is 0 Å². The van der Waals surface area contributed by atoms with Crippen molar-refractivity contribution in [1.29, 1.82) is 0 Å². The van der Waals surface area contributed by atoms with Gasteiger partial charge in [0.2, 0.25) is 35.4 Å². The molecule has 1 aromatic carbocycles. The van der Waals surface area contributed by atoms with Gasteiger partial charge in [-0.3, -0.25) is 48.3 Å². The molecular weight excluding hydrogens is 420 g/mol. The summed E-state index contributed by atoms with van der Waals surface area (Å²) in [5.41, 5.74) is 0.902. The van der Waals surface area contributed by atoms with E-state index in [9.17, 15) is 33.6 Å². The van der Waals surface area contributed by atoms with Crippen molar-refractivity contribution in [2.45, 2.75) is 20.8 Å². The van der Waals surface area contributed by atoms with Crippen LogP contribution < -0.4 is 5.32 Å². The van der Waals surface area contributed by atoms with Crippen LogP contribution in [0.25, 0.3) is 6.08 Å². The number of hydrogen-bond donors (Lipinski definition) is 1. The molecule has 0 aliphatic carbocycles. The molecule has 2 saturated heterocycles. The van der Waals surface area contributed by atoms with Crippen LogP contribution in [-0.2, 0) is 33.6 Å². The van der Waals surface area contributed by atoms with Crippen molar-refractivity contribution in [3.63, 3.8) is 0 Å². The molecule has 11 nitrogen and oxygen atoms in total. The molecule has 0 radical (unpaired) electrons. The van der Waals surface area contributed by atoms with Gasteiger partial charge in [-0.25, -0.2) is 0 Å². The molecule has 7 amide bonds. The van der Waals surface area contributed by atoms with Crippen molar-refractivity contribution in [3.8, 4) is 0 Å². The average Bonchev–Trinajstić information content (AvgIpc) is 2.72. The molecule has 0 unspecified atom stereocenters. The van der Waals surface area contributed by atoms with E-state index >= 15 is 0 Å². The maximum Gasteiger partial charge on any atom is 0.277 e. The summed E-state index contributed by atoms with van der Waals surface area (Å²) < 4.78 is 0. The van der Waals surface area contributed by atoms with E-state index in [4.69, 9.17) is 0 Å². The van der Waals surface area contributed by atoms with E-state index in [1.807, 2.05) is 18.2 Å². The number of carbonyl (C=O) groups excluding carboxylic acids is 7. The first-order valence-corrected chi connectivity index (χ1v) is 9.52. The molecule has 2 fully saturated rings. The maximum absolute atomic E-state index is 11.9. The van der Waals surface area contributed by atoms with Crippen molar-refractivity contribution < 1.29 is 33.6 Å². The normalized spacial score (nSPS) is 17.6. The molecule has 32 heavy (non-hydrogen) atoms. The largest absolute Gasteiger partial charge is 0.320 e. The smallest absolute Gasteiger partial charge is 0.277 e. The van der Waals surface area contributed by atoms with Crippen LogP contribution in [0.1, 0.15) is 26.3 Å². The van der Waals surface area contributed by atoms with Crippen molar-refractivity contribution in [2.24, 2.45) is 0 Å². The Morgan fingerprint density at radius 3 is 1.66 bits per heavy atom. The molecule has 1 N–H and O–H groups in total. The number of rotatable bonds is 1. The van der Waals surface area contributed by atoms with E-state index in [0.29, 0.717) is 0 Å². The van der Waals surface area contributed by atoms with Gasteiger partial charge in [0.1, 0.15) is 25.3 Å². The molecule has 0 aromatic heterocycles. The number of nitrogens with zero attached hydrogens (tertiary/aromatic N) is 3. The van der Waals surface area contributed by atoms with Gasteiger partial charge in [0.25, 0.3) is 5.91 Å². The fraction of sp³-hybridized carbons (Fsp3) is 0.286. The van der Waals surface area contributed by atoms with Crippen LogP contribution in [0, 0.1) is 0 Å². The summed E-state index contributed by atoms with van der Waals surface area (Å²) in [6, 6.07) is 9.11. The van der Waals surface area contributed by atoms with E-state index in [1.54, 1.807) is 18.2 Å². The zero-order valence-corrected chi connectivity index (χ0v) is 17.8. The summed E-state index contributed by atoms with van der Waals surface area (Å²) in [4.78, 5) is 81.5. The molecule has 11 heteroatoms. The van der Waals surface area contributed by atoms with E-state index in [0.717, 1.165) is 20.3 Å². The van der Waals surface area contributed by atoms with E-state index in [2.05, 4.69) is 5.32 Å². The number of piperazine rings is 2. The minimum absolute atomic E-state index is 0.118. The third-order valence-electron chi connectivity index (χ3n) is 4.49. The Hall–Kier alpha value is -4.15. The predicted octanol–water partition coefficient (Wildman–Crippen LogP) is -0.717. The molecule has 2 heterocycles. The lowest BCUT2D eigenvalue weighted by Gasteiger charge is -2.29. The summed E-state index contributed by atoms with van der Waals surface area (Å²) >= 11 is 0. The number of amides is 7. The summed E-state index contributed by atoms with van der Waals surface area (Å²) in [7, 11) is 0. The summed E-state index contributed by atoms with van der Waals surface area (Å²) in [5, 5.41) is 2.48. The average molecular weight is 442 g/mol. The first-order valence-electron chi connectivity index (χ1n) is 9.52. The Labute approximate surface area is 183 Å². The van der Waals surface area contributed by atoms with Crippen LogP contribution in [-0.4, -0.2) is 75.7 Å². The highest BCUT2D eigenvalue weighted by Gasteiger charge is 2.34. The van der Waals surface area contributed by atoms with E-state index < -0.39 is 35.4 Å². The molecule has 168 valence electrons. The quantitative estimate of drug-likeness (QED) is 0.566. The van der Waals surface area contributed by atoms with Gasteiger partial charge in [0, 0.05) is 20.8 Å². The highest BCUT2D eigenvalue weighted by molar-refractivity contribution is 6.12. The maximum atomic E-state index is 11.9. The summed E-state index contributed by atoms with van der Waals surface area (Å²) in [6.45, 7) is 2.77. The predicted molar refractivity (Wildman–Crippen MR) is 110 cm³/mol. The molecular formula is C21H22N4O7. The summed E-state index contributed by atoms with van der Waals surface area (Å²) in [6.07, 6.45) is 1.55. The second kappa shape index (κ2) is 10.2. The molecule has 0 bridgehead atoms. The van der Waals surface area contributed by atoms with Crippen LogP contribution >= 0.6 is 0 Å². The van der Waals surface area contributed by atoms with Gasteiger partial charge in [0.15, 0.2) is 0 Å². The number of carbonyl (C=O) groups is 7. The van der Waals surface area contributed by atoms with Crippen LogP contribution in [0.15, 0.2) is 36.0 Å². The van der Waals surface area contributed by atoms with Crippen LogP contribution in [0.5, 0.6) is 0 Å². The number of nitrogens with one attached hydrogen (secondary N) is 1. The minimum Gasteiger partial charge on any atom is -0.320 e. The number of benzene rings is 1. The molecule has 2 aliphatic rings. The second-order valence-electron chi connectivity index (χ2n) is 6.92. The highest BCUT2D eigenvalue weighted by atomic mass is 16.2. The number of hydrogen-bond acceptors (Lipinski definition) is 7. The lowest BCUT2D eigenvalue weighted by molar-refractivity contribution is -0.161. The topological polar surface area (TPSA) is 141 Å². The van der Waals surface area contributed by atoms with Gasteiger partial charge in [-0.15, -0.1) is 0 Å². The van der Waals surface area contributed by atoms with Crippen LogP contribution in [0.4, 0.5) is 0 Å². The van der Waals surface area contributed by atoms with Gasteiger partial charge in [0.05, 0.1) is 0 Å². The van der Waals surface area contributed by atoms with Crippen molar-refractivity contribution in [2.75, 3.05) is 19.6 Å². The third-order valence-corrected chi connectivity index (χ3v) is 4.49. The molecule has 0 saturated carbocycles. The van der Waals surface area contributed by atoms with Gasteiger partial charge >= 0.3 is 0 Å². The molecule has 3 rings (SSSR count). The molecule has 2 aliphatic heterocycles. The van der Waals surface area contributed by atoms with E-state index in [1.165, 1.54) is 20.8 Å². The molecule has 1 aromatic rings. The fourth-order valence-corrected chi connectivity index (χ4v) is 2.86. The van der Waals surface area contributed by atoms with Crippen molar-refractivity contribution in [1.82, 2.24) is 20.0 Å². The standard InChI is InChI=1S/C13H12N2O3.C8H10N2O4/c1-9(16)15-8-12(17)14-11(13(15)18)7-10-5-3-2-4-6-10;1-5(11)9-3-8(14)10(6(2)12)4-7(9)13/h2-7H,8H2,1H3,(H,14,17);3-4H2,1-2H3/b11-7+;. The first-order chi connectivity index (χ1) is 15.0. The highest BCUT2D eigenvalue weighted by Crippen LogP contribution is 2.11. The van der Waals surface area contributed by atoms with Gasteiger partial charge < -0.3 is 5.32 Å². The lowest BCUT2D eigenvalue weighted by atomic mass is 10.1.